The average Bonchev–Trinajstić information content (AvgIpc) is 2.34. The zero-order valence-electron chi connectivity index (χ0n) is 11.6. The van der Waals surface area contributed by atoms with Crippen LogP contribution in [0.2, 0.25) is 0 Å². The maximum absolute atomic E-state index is 10.2. The molecule has 0 fully saturated rings. The summed E-state index contributed by atoms with van der Waals surface area (Å²) in [5, 5.41) is 19.2. The van der Waals surface area contributed by atoms with Gasteiger partial charge >= 0.3 is 0 Å². The van der Waals surface area contributed by atoms with Gasteiger partial charge in [-0.15, -0.1) is 0 Å². The molecule has 0 saturated heterocycles. The molecule has 18 heavy (non-hydrogen) atoms. The molecule has 0 aliphatic carbocycles. The van der Waals surface area contributed by atoms with Crippen LogP contribution in [0.25, 0.3) is 0 Å². The molecule has 3 heteroatoms. The van der Waals surface area contributed by atoms with E-state index in [9.17, 15) is 5.11 Å². The Morgan fingerprint density at radius 1 is 1.17 bits per heavy atom. The Bertz CT molecular complexity index is 352. The number of hydrogen-bond donors (Lipinski definition) is 2. The zero-order valence-corrected chi connectivity index (χ0v) is 11.6. The van der Waals surface area contributed by atoms with Crippen LogP contribution >= 0.6 is 0 Å². The second-order valence-electron chi connectivity index (χ2n) is 5.01. The Labute approximate surface area is 110 Å². The van der Waals surface area contributed by atoms with Crippen LogP contribution in [0.1, 0.15) is 37.5 Å². The van der Waals surface area contributed by atoms with Gasteiger partial charge in [-0.05, 0) is 38.3 Å². The van der Waals surface area contributed by atoms with E-state index in [2.05, 4.69) is 18.7 Å². The van der Waals surface area contributed by atoms with Crippen molar-refractivity contribution in [2.75, 3.05) is 19.7 Å². The molecule has 1 aromatic rings. The van der Waals surface area contributed by atoms with Gasteiger partial charge in [-0.25, -0.2) is 0 Å². The van der Waals surface area contributed by atoms with Gasteiger partial charge in [0.1, 0.15) is 0 Å². The Morgan fingerprint density at radius 2 is 1.83 bits per heavy atom. The molecule has 0 aliphatic rings. The fourth-order valence-electron chi connectivity index (χ4n) is 2.16. The third-order valence-corrected chi connectivity index (χ3v) is 3.35. The normalized spacial score (nSPS) is 13.3. The smallest absolute Gasteiger partial charge is 0.0804 e. The van der Waals surface area contributed by atoms with Crippen LogP contribution in [0.3, 0.4) is 0 Å². The largest absolute Gasteiger partial charge is 0.395 e. The van der Waals surface area contributed by atoms with Crippen molar-refractivity contribution in [2.45, 2.75) is 39.3 Å². The summed E-state index contributed by atoms with van der Waals surface area (Å²) in [6.07, 6.45) is 0.273. The highest BCUT2D eigenvalue weighted by Gasteiger charge is 2.14. The minimum absolute atomic E-state index is 0.165. The predicted molar refractivity (Wildman–Crippen MR) is 74.6 cm³/mol. The monoisotopic (exact) mass is 251 g/mol. The molecule has 0 spiro atoms. The van der Waals surface area contributed by atoms with E-state index in [0.29, 0.717) is 19.0 Å². The maximum Gasteiger partial charge on any atom is 0.0804 e. The summed E-state index contributed by atoms with van der Waals surface area (Å²) in [5.74, 6) is 0. The molecule has 0 amide bonds. The SMILES string of the molecule is Cc1ccccc1C(O)CCN(CCO)C(C)C. The fourth-order valence-corrected chi connectivity index (χ4v) is 2.16. The number of nitrogens with zero attached hydrogens (tertiary/aromatic N) is 1. The molecular weight excluding hydrogens is 226 g/mol. The van der Waals surface area contributed by atoms with Gasteiger partial charge in [-0.2, -0.15) is 0 Å². The molecule has 0 saturated carbocycles. The lowest BCUT2D eigenvalue weighted by atomic mass is 10.0. The van der Waals surface area contributed by atoms with Crippen LogP contribution in [-0.4, -0.2) is 40.9 Å². The lowest BCUT2D eigenvalue weighted by Crippen LogP contribution is -2.35. The topological polar surface area (TPSA) is 43.7 Å². The van der Waals surface area contributed by atoms with E-state index in [-0.39, 0.29) is 6.61 Å². The molecule has 1 unspecified atom stereocenters. The molecular formula is C15H25NO2. The van der Waals surface area contributed by atoms with E-state index in [1.54, 1.807) is 0 Å². The van der Waals surface area contributed by atoms with Gasteiger partial charge in [0, 0.05) is 19.1 Å². The first-order valence-electron chi connectivity index (χ1n) is 6.64. The summed E-state index contributed by atoms with van der Waals surface area (Å²) in [5.41, 5.74) is 2.13. The molecule has 0 bridgehead atoms. The molecule has 102 valence electrons. The molecule has 0 radical (unpaired) electrons. The predicted octanol–water partition coefficient (Wildman–Crippen LogP) is 2.12. The number of hydrogen-bond acceptors (Lipinski definition) is 3. The van der Waals surface area contributed by atoms with Crippen LogP contribution < -0.4 is 0 Å². The summed E-state index contributed by atoms with van der Waals surface area (Å²) in [7, 11) is 0. The first kappa shape index (κ1) is 15.2. The summed E-state index contributed by atoms with van der Waals surface area (Å²) in [6.45, 7) is 7.86. The summed E-state index contributed by atoms with van der Waals surface area (Å²) in [4.78, 5) is 2.18. The standard InChI is InChI=1S/C15H25NO2/c1-12(2)16(10-11-17)9-8-15(18)14-7-5-4-6-13(14)3/h4-7,12,15,17-18H,8-11H2,1-3H3. The van der Waals surface area contributed by atoms with E-state index < -0.39 is 6.10 Å². The van der Waals surface area contributed by atoms with Gasteiger partial charge in [0.25, 0.3) is 0 Å². The van der Waals surface area contributed by atoms with E-state index in [0.717, 1.165) is 17.7 Å². The highest BCUT2D eigenvalue weighted by Crippen LogP contribution is 2.20. The van der Waals surface area contributed by atoms with Gasteiger partial charge in [0.05, 0.1) is 12.7 Å². The molecule has 0 aromatic heterocycles. The minimum atomic E-state index is -0.425. The number of aryl methyl sites for hydroxylation is 1. The van der Waals surface area contributed by atoms with Crippen molar-refractivity contribution < 1.29 is 10.2 Å². The van der Waals surface area contributed by atoms with Crippen LogP contribution in [0, 0.1) is 6.92 Å². The van der Waals surface area contributed by atoms with Crippen molar-refractivity contribution in [3.05, 3.63) is 35.4 Å². The lowest BCUT2D eigenvalue weighted by Gasteiger charge is -2.26. The van der Waals surface area contributed by atoms with Crippen LogP contribution in [0.4, 0.5) is 0 Å². The van der Waals surface area contributed by atoms with Crippen LogP contribution in [0.5, 0.6) is 0 Å². The second-order valence-corrected chi connectivity index (χ2v) is 5.01. The van der Waals surface area contributed by atoms with Gasteiger partial charge < -0.3 is 10.2 Å². The average molecular weight is 251 g/mol. The molecule has 2 N–H and O–H groups in total. The van der Waals surface area contributed by atoms with Gasteiger partial charge in [0.2, 0.25) is 0 Å². The van der Waals surface area contributed by atoms with E-state index in [1.807, 2.05) is 31.2 Å². The van der Waals surface area contributed by atoms with Crippen molar-refractivity contribution in [1.82, 2.24) is 4.90 Å². The first-order chi connectivity index (χ1) is 8.56. The van der Waals surface area contributed by atoms with Crippen molar-refractivity contribution in [1.29, 1.82) is 0 Å². The Balaban J connectivity index is 2.54. The number of aliphatic hydroxyl groups is 2. The van der Waals surface area contributed by atoms with Crippen molar-refractivity contribution in [3.8, 4) is 0 Å². The molecule has 3 nitrogen and oxygen atoms in total. The summed E-state index contributed by atoms with van der Waals surface area (Å²) >= 11 is 0. The Morgan fingerprint density at radius 3 is 2.39 bits per heavy atom. The second kappa shape index (κ2) is 7.52. The van der Waals surface area contributed by atoms with Crippen LogP contribution in [-0.2, 0) is 0 Å². The summed E-state index contributed by atoms with van der Waals surface area (Å²) in [6, 6.07) is 8.33. The maximum atomic E-state index is 10.2. The van der Waals surface area contributed by atoms with Gasteiger partial charge in [-0.1, -0.05) is 24.3 Å². The van der Waals surface area contributed by atoms with Crippen molar-refractivity contribution in [3.63, 3.8) is 0 Å². The van der Waals surface area contributed by atoms with Crippen molar-refractivity contribution >= 4 is 0 Å². The Hall–Kier alpha value is -0.900. The highest BCUT2D eigenvalue weighted by atomic mass is 16.3. The van der Waals surface area contributed by atoms with E-state index >= 15 is 0 Å². The number of rotatable bonds is 7. The Kier molecular flexibility index (Phi) is 6.33. The summed E-state index contributed by atoms with van der Waals surface area (Å²) < 4.78 is 0. The zero-order chi connectivity index (χ0) is 13.5. The molecule has 1 rings (SSSR count). The quantitative estimate of drug-likeness (QED) is 0.780. The first-order valence-corrected chi connectivity index (χ1v) is 6.64. The van der Waals surface area contributed by atoms with Gasteiger partial charge in [0.15, 0.2) is 0 Å². The minimum Gasteiger partial charge on any atom is -0.395 e. The van der Waals surface area contributed by atoms with E-state index in [1.165, 1.54) is 0 Å². The molecule has 0 aliphatic heterocycles. The lowest BCUT2D eigenvalue weighted by molar-refractivity contribution is 0.116. The number of aliphatic hydroxyl groups excluding tert-OH is 2. The molecule has 0 heterocycles. The molecule has 1 atom stereocenters. The van der Waals surface area contributed by atoms with Crippen LogP contribution in [0.15, 0.2) is 24.3 Å². The third kappa shape index (κ3) is 4.41. The third-order valence-electron chi connectivity index (χ3n) is 3.35. The van der Waals surface area contributed by atoms with Gasteiger partial charge in [-0.3, -0.25) is 4.90 Å². The fraction of sp³-hybridized carbons (Fsp3) is 0.600. The highest BCUT2D eigenvalue weighted by molar-refractivity contribution is 5.27. The number of benzene rings is 1. The molecule has 1 aromatic carbocycles. The van der Waals surface area contributed by atoms with E-state index in [4.69, 9.17) is 5.11 Å². The van der Waals surface area contributed by atoms with Crippen molar-refractivity contribution in [2.24, 2.45) is 0 Å².